The summed E-state index contributed by atoms with van der Waals surface area (Å²) in [4.78, 5) is 0. The Morgan fingerprint density at radius 1 is 1.12 bits per heavy atom. The molecule has 2 rings (SSSR count). The minimum atomic E-state index is -2.63. The fourth-order valence-corrected chi connectivity index (χ4v) is 2.29. The maximum absolute atomic E-state index is 13.0. The van der Waals surface area contributed by atoms with E-state index in [0.29, 0.717) is 10.6 Å². The summed E-state index contributed by atoms with van der Waals surface area (Å²) in [5.41, 5.74) is -0.512. The highest BCUT2D eigenvalue weighted by atomic mass is 35.5. The van der Waals surface area contributed by atoms with Gasteiger partial charge in [0.05, 0.1) is 5.60 Å². The van der Waals surface area contributed by atoms with Crippen molar-refractivity contribution in [3.63, 3.8) is 0 Å². The fourth-order valence-electron chi connectivity index (χ4n) is 2.10. The molecule has 16 heavy (non-hydrogen) atoms. The summed E-state index contributed by atoms with van der Waals surface area (Å²) in [6.07, 6.45) is -0.368. The minimum absolute atomic E-state index is 0.0837. The van der Waals surface area contributed by atoms with E-state index in [1.165, 1.54) is 0 Å². The summed E-state index contributed by atoms with van der Waals surface area (Å²) in [6.45, 7) is 0. The minimum Gasteiger partial charge on any atom is -0.385 e. The molecule has 0 spiro atoms. The van der Waals surface area contributed by atoms with Crippen LogP contribution in [0.3, 0.4) is 0 Å². The molecule has 1 saturated carbocycles. The first kappa shape index (κ1) is 11.8. The maximum atomic E-state index is 13.0. The zero-order valence-corrected chi connectivity index (χ0v) is 9.47. The first-order valence-electron chi connectivity index (χ1n) is 5.28. The molecule has 1 N–H and O–H groups in total. The van der Waals surface area contributed by atoms with Crippen molar-refractivity contribution in [2.24, 2.45) is 0 Å². The van der Waals surface area contributed by atoms with E-state index in [1.54, 1.807) is 24.3 Å². The van der Waals surface area contributed by atoms with Crippen LogP contribution in [0.5, 0.6) is 0 Å². The topological polar surface area (TPSA) is 20.2 Å². The van der Waals surface area contributed by atoms with Crippen molar-refractivity contribution in [3.8, 4) is 0 Å². The Balaban J connectivity index is 2.21. The van der Waals surface area contributed by atoms with Crippen molar-refractivity contribution in [2.45, 2.75) is 37.2 Å². The van der Waals surface area contributed by atoms with Crippen LogP contribution in [0.4, 0.5) is 8.78 Å². The Kier molecular flexibility index (Phi) is 2.93. The van der Waals surface area contributed by atoms with Crippen LogP contribution in [0.2, 0.25) is 5.02 Å². The molecule has 0 radical (unpaired) electrons. The van der Waals surface area contributed by atoms with Gasteiger partial charge < -0.3 is 5.11 Å². The number of alkyl halides is 2. The van der Waals surface area contributed by atoms with Gasteiger partial charge >= 0.3 is 0 Å². The smallest absolute Gasteiger partial charge is 0.248 e. The summed E-state index contributed by atoms with van der Waals surface area (Å²) in [5, 5.41) is 10.8. The van der Waals surface area contributed by atoms with Gasteiger partial charge in [-0.05, 0) is 30.5 Å². The van der Waals surface area contributed by atoms with Crippen LogP contribution in [-0.4, -0.2) is 11.0 Å². The van der Waals surface area contributed by atoms with E-state index in [0.717, 1.165) is 0 Å². The Labute approximate surface area is 98.0 Å². The highest BCUT2D eigenvalue weighted by Crippen LogP contribution is 2.43. The zero-order valence-electron chi connectivity index (χ0n) is 8.72. The second-order valence-corrected chi connectivity index (χ2v) is 4.83. The number of hydrogen-bond acceptors (Lipinski definition) is 1. The number of aliphatic hydroxyl groups is 1. The monoisotopic (exact) mass is 246 g/mol. The molecule has 1 aromatic carbocycles. The van der Waals surface area contributed by atoms with Gasteiger partial charge in [0.2, 0.25) is 5.92 Å². The van der Waals surface area contributed by atoms with E-state index in [4.69, 9.17) is 11.6 Å². The van der Waals surface area contributed by atoms with E-state index in [1.807, 2.05) is 0 Å². The van der Waals surface area contributed by atoms with Crippen LogP contribution in [0.1, 0.15) is 31.2 Å². The number of benzene rings is 1. The lowest BCUT2D eigenvalue weighted by atomic mass is 9.78. The second kappa shape index (κ2) is 3.97. The Morgan fingerprint density at radius 3 is 2.31 bits per heavy atom. The largest absolute Gasteiger partial charge is 0.385 e. The number of hydrogen-bond donors (Lipinski definition) is 1. The second-order valence-electron chi connectivity index (χ2n) is 4.40. The molecule has 0 amide bonds. The van der Waals surface area contributed by atoms with E-state index in [2.05, 4.69) is 0 Å². The van der Waals surface area contributed by atoms with E-state index in [-0.39, 0.29) is 25.7 Å². The lowest BCUT2D eigenvalue weighted by Crippen LogP contribution is -2.36. The molecule has 1 aliphatic rings. The first-order valence-corrected chi connectivity index (χ1v) is 5.65. The highest BCUT2D eigenvalue weighted by Gasteiger charge is 2.43. The Hall–Kier alpha value is -0.670. The summed E-state index contributed by atoms with van der Waals surface area (Å²) in [6, 6.07) is 6.80. The van der Waals surface area contributed by atoms with Crippen LogP contribution in [0.15, 0.2) is 24.3 Å². The van der Waals surface area contributed by atoms with Gasteiger partial charge in [0.15, 0.2) is 0 Å². The summed E-state index contributed by atoms with van der Waals surface area (Å²) in [5.74, 6) is -2.63. The average Bonchev–Trinajstić information content (AvgIpc) is 2.23. The van der Waals surface area contributed by atoms with Crippen molar-refractivity contribution in [3.05, 3.63) is 34.9 Å². The number of rotatable bonds is 1. The molecular weight excluding hydrogens is 234 g/mol. The zero-order chi connectivity index (χ0) is 11.8. The van der Waals surface area contributed by atoms with Crippen LogP contribution in [0, 0.1) is 0 Å². The third kappa shape index (κ3) is 2.36. The molecular formula is C12H13ClF2O. The standard InChI is InChI=1S/C12H13ClF2O/c13-10-3-1-2-9(8-10)11(16)4-6-12(14,15)7-5-11/h1-3,8,16H,4-7H2. The van der Waals surface area contributed by atoms with Gasteiger partial charge in [-0.1, -0.05) is 23.7 Å². The summed E-state index contributed by atoms with van der Waals surface area (Å²) >= 11 is 5.82. The Bertz CT molecular complexity index is 382. The molecule has 0 aromatic heterocycles. The molecule has 0 saturated heterocycles. The highest BCUT2D eigenvalue weighted by molar-refractivity contribution is 6.30. The van der Waals surface area contributed by atoms with Gasteiger partial charge in [0, 0.05) is 17.9 Å². The molecule has 1 fully saturated rings. The van der Waals surface area contributed by atoms with Gasteiger partial charge in [-0.15, -0.1) is 0 Å². The lowest BCUT2D eigenvalue weighted by Gasteiger charge is -2.36. The molecule has 1 aliphatic carbocycles. The molecule has 4 heteroatoms. The van der Waals surface area contributed by atoms with Crippen molar-refractivity contribution >= 4 is 11.6 Å². The third-order valence-corrected chi connectivity index (χ3v) is 3.41. The van der Waals surface area contributed by atoms with Gasteiger partial charge in [-0.3, -0.25) is 0 Å². The van der Waals surface area contributed by atoms with Crippen molar-refractivity contribution in [1.29, 1.82) is 0 Å². The van der Waals surface area contributed by atoms with Crippen LogP contribution < -0.4 is 0 Å². The molecule has 0 atom stereocenters. The van der Waals surface area contributed by atoms with Crippen LogP contribution in [0.25, 0.3) is 0 Å². The first-order chi connectivity index (χ1) is 7.41. The SMILES string of the molecule is OC1(c2cccc(Cl)c2)CCC(F)(F)CC1. The van der Waals surface area contributed by atoms with Crippen molar-refractivity contribution in [1.82, 2.24) is 0 Å². The predicted molar refractivity (Wildman–Crippen MR) is 58.8 cm³/mol. The molecule has 1 aromatic rings. The third-order valence-electron chi connectivity index (χ3n) is 3.17. The quantitative estimate of drug-likeness (QED) is 0.800. The van der Waals surface area contributed by atoms with Crippen molar-refractivity contribution in [2.75, 3.05) is 0 Å². The van der Waals surface area contributed by atoms with Gasteiger partial charge in [-0.2, -0.15) is 0 Å². The van der Waals surface area contributed by atoms with Crippen molar-refractivity contribution < 1.29 is 13.9 Å². The average molecular weight is 247 g/mol. The maximum Gasteiger partial charge on any atom is 0.248 e. The van der Waals surface area contributed by atoms with Crippen LogP contribution in [-0.2, 0) is 5.60 Å². The van der Waals surface area contributed by atoms with E-state index < -0.39 is 11.5 Å². The molecule has 0 unspecified atom stereocenters. The van der Waals surface area contributed by atoms with Gasteiger partial charge in [0.1, 0.15) is 0 Å². The van der Waals surface area contributed by atoms with E-state index in [9.17, 15) is 13.9 Å². The van der Waals surface area contributed by atoms with Crippen LogP contribution >= 0.6 is 11.6 Å². The summed E-state index contributed by atoms with van der Waals surface area (Å²) in [7, 11) is 0. The molecule has 1 nitrogen and oxygen atoms in total. The predicted octanol–water partition coefficient (Wildman–Crippen LogP) is 3.74. The molecule has 0 bridgehead atoms. The lowest BCUT2D eigenvalue weighted by molar-refractivity contribution is -0.107. The summed E-state index contributed by atoms with van der Waals surface area (Å²) < 4.78 is 26.0. The van der Waals surface area contributed by atoms with E-state index >= 15 is 0 Å². The molecule has 0 heterocycles. The molecule has 88 valence electrons. The Morgan fingerprint density at radius 2 is 1.75 bits per heavy atom. The fraction of sp³-hybridized carbons (Fsp3) is 0.500. The normalized spacial score (nSPS) is 23.0. The molecule has 0 aliphatic heterocycles. The van der Waals surface area contributed by atoms with Gasteiger partial charge in [0.25, 0.3) is 0 Å². The van der Waals surface area contributed by atoms with Gasteiger partial charge in [-0.25, -0.2) is 8.78 Å². The number of halogens is 3.